The van der Waals surface area contributed by atoms with E-state index in [1.807, 2.05) is 87.3 Å². The molecule has 2 saturated heterocycles. The first kappa shape index (κ1) is 34.5. The number of ether oxygens (including phenoxy) is 2. The van der Waals surface area contributed by atoms with Gasteiger partial charge in [-0.3, -0.25) is 0 Å². The molecule has 0 radical (unpaired) electrons. The lowest BCUT2D eigenvalue weighted by molar-refractivity contribution is 0.0284. The van der Waals surface area contributed by atoms with Crippen LogP contribution in [0.15, 0.2) is 85.7 Å². The number of rotatable bonds is 2. The molecule has 2 fully saturated rings. The van der Waals surface area contributed by atoms with E-state index in [2.05, 4.69) is 58.8 Å². The summed E-state index contributed by atoms with van der Waals surface area (Å²) in [5, 5.41) is 0. The fourth-order valence-electron chi connectivity index (χ4n) is 5.49. The molecule has 0 N–H and O–H groups in total. The number of imidazole rings is 2. The van der Waals surface area contributed by atoms with Crippen molar-refractivity contribution in [1.29, 1.82) is 0 Å². The van der Waals surface area contributed by atoms with Gasteiger partial charge in [-0.2, -0.15) is 0 Å². The second-order valence-corrected chi connectivity index (χ2v) is 14.1. The molecule has 4 aromatic heterocycles. The van der Waals surface area contributed by atoms with Crippen LogP contribution in [0.5, 0.6) is 0 Å². The molecular weight excluding hydrogens is 604 g/mol. The molecule has 0 unspecified atom stereocenters. The highest BCUT2D eigenvalue weighted by atomic mass is 16.6. The molecular formula is C38H48N6O4. The zero-order chi connectivity index (χ0) is 34.3. The second-order valence-electron chi connectivity index (χ2n) is 14.1. The van der Waals surface area contributed by atoms with Gasteiger partial charge in [-0.15, -0.1) is 0 Å². The molecule has 10 nitrogen and oxygen atoms in total. The zero-order valence-corrected chi connectivity index (χ0v) is 29.1. The Morgan fingerprint density at radius 1 is 0.542 bits per heavy atom. The highest BCUT2D eigenvalue weighted by Gasteiger charge is 2.25. The number of benzene rings is 1. The summed E-state index contributed by atoms with van der Waals surface area (Å²) in [5.74, 6) is 0. The number of hydrogen-bond donors (Lipinski definition) is 0. The molecule has 2 aliphatic rings. The highest BCUT2D eigenvalue weighted by Crippen LogP contribution is 2.25. The minimum absolute atomic E-state index is 0.167. The molecule has 2 amide bonds. The van der Waals surface area contributed by atoms with E-state index < -0.39 is 0 Å². The second kappa shape index (κ2) is 14.9. The zero-order valence-electron chi connectivity index (χ0n) is 29.1. The summed E-state index contributed by atoms with van der Waals surface area (Å²) in [6.07, 6.45) is 15.9. The molecule has 1 aromatic carbocycles. The fourth-order valence-corrected chi connectivity index (χ4v) is 5.49. The van der Waals surface area contributed by atoms with Crippen molar-refractivity contribution in [2.75, 3.05) is 26.2 Å². The van der Waals surface area contributed by atoms with Crippen molar-refractivity contribution >= 4 is 23.5 Å². The van der Waals surface area contributed by atoms with Crippen LogP contribution in [0, 0.1) is 0 Å². The molecule has 5 aromatic rings. The fraction of sp³-hybridized carbons (Fsp3) is 0.421. The minimum atomic E-state index is -0.361. The first-order valence-corrected chi connectivity index (χ1v) is 16.8. The van der Waals surface area contributed by atoms with Gasteiger partial charge < -0.3 is 28.1 Å². The Bertz CT molecular complexity index is 1670. The number of nitrogens with zero attached hydrogens (tertiary/aromatic N) is 6. The molecule has 6 heterocycles. The summed E-state index contributed by atoms with van der Waals surface area (Å²) in [5.41, 5.74) is 5.94. The summed E-state index contributed by atoms with van der Waals surface area (Å²) < 4.78 is 14.5. The van der Waals surface area contributed by atoms with Crippen molar-refractivity contribution in [3.63, 3.8) is 0 Å². The van der Waals surface area contributed by atoms with Crippen molar-refractivity contribution in [3.8, 4) is 22.3 Å². The largest absolute Gasteiger partial charge is 0.444 e. The van der Waals surface area contributed by atoms with Gasteiger partial charge in [0.15, 0.2) is 0 Å². The van der Waals surface area contributed by atoms with Crippen LogP contribution in [0.2, 0.25) is 0 Å². The van der Waals surface area contributed by atoms with E-state index in [0.29, 0.717) is 0 Å². The first-order valence-electron chi connectivity index (χ1n) is 16.8. The van der Waals surface area contributed by atoms with Gasteiger partial charge in [-0.1, -0.05) is 24.3 Å². The SMILES string of the molecule is CC(C)(C)OC(=O)N1CCCC1.CC(C)(C)OC(=O)N1CCCC1.c1cn2cc(-c3ccc(-c4ccc5nccn5c4)cc3)ccc2n1. The number of carbonyl (C=O) groups excluding carboxylic acids is 2. The molecule has 0 atom stereocenters. The quantitative estimate of drug-likeness (QED) is 0.190. The predicted molar refractivity (Wildman–Crippen MR) is 189 cm³/mol. The third-order valence-corrected chi connectivity index (χ3v) is 7.84. The number of amides is 2. The third-order valence-electron chi connectivity index (χ3n) is 7.84. The van der Waals surface area contributed by atoms with Gasteiger partial charge in [-0.25, -0.2) is 19.6 Å². The standard InChI is InChI=1S/C20H14N4.2C9H17NO2/c1-2-16(18-6-8-20-22-10-12-24(20)14-18)4-3-15(1)17-5-7-19-21-9-11-23(19)13-17;2*1-9(2,3)12-8(11)10-6-4-5-7-10/h1-14H;2*4-7H2,1-3H3. The smallest absolute Gasteiger partial charge is 0.410 e. The van der Waals surface area contributed by atoms with Crippen LogP contribution in [0.25, 0.3) is 33.5 Å². The van der Waals surface area contributed by atoms with E-state index in [1.165, 1.54) is 22.3 Å². The molecule has 0 saturated carbocycles. The number of likely N-dealkylation sites (tertiary alicyclic amines) is 2. The number of fused-ring (bicyclic) bond motifs is 2. The van der Waals surface area contributed by atoms with Crippen LogP contribution < -0.4 is 0 Å². The van der Waals surface area contributed by atoms with Crippen molar-refractivity contribution in [3.05, 3.63) is 85.7 Å². The lowest BCUT2D eigenvalue weighted by Gasteiger charge is -2.23. The van der Waals surface area contributed by atoms with Crippen LogP contribution in [0.4, 0.5) is 9.59 Å². The van der Waals surface area contributed by atoms with E-state index in [1.54, 1.807) is 9.80 Å². The molecule has 0 aliphatic carbocycles. The van der Waals surface area contributed by atoms with E-state index in [4.69, 9.17) is 9.47 Å². The lowest BCUT2D eigenvalue weighted by atomic mass is 10.0. The average Bonchev–Trinajstić information content (AvgIpc) is 3.87. The normalized spacial score (nSPS) is 14.7. The van der Waals surface area contributed by atoms with Crippen molar-refractivity contribution in [2.45, 2.75) is 78.4 Å². The van der Waals surface area contributed by atoms with Crippen molar-refractivity contribution in [2.24, 2.45) is 0 Å². The number of pyridine rings is 2. The van der Waals surface area contributed by atoms with E-state index >= 15 is 0 Å². The van der Waals surface area contributed by atoms with Crippen LogP contribution in [-0.4, -0.2) is 78.1 Å². The average molecular weight is 653 g/mol. The van der Waals surface area contributed by atoms with E-state index in [-0.39, 0.29) is 23.4 Å². The van der Waals surface area contributed by atoms with Crippen molar-refractivity contribution < 1.29 is 19.1 Å². The molecule has 7 rings (SSSR count). The molecule has 0 spiro atoms. The van der Waals surface area contributed by atoms with Gasteiger partial charge in [-0.05, 0) is 114 Å². The Labute approximate surface area is 283 Å². The van der Waals surface area contributed by atoms with Gasteiger partial charge >= 0.3 is 12.2 Å². The molecule has 48 heavy (non-hydrogen) atoms. The maximum atomic E-state index is 11.4. The summed E-state index contributed by atoms with van der Waals surface area (Å²) in [6, 6.07) is 16.9. The van der Waals surface area contributed by atoms with Gasteiger partial charge in [0, 0.05) is 63.4 Å². The Morgan fingerprint density at radius 2 is 0.875 bits per heavy atom. The Hall–Kier alpha value is -4.86. The molecule has 254 valence electrons. The van der Waals surface area contributed by atoms with Gasteiger partial charge in [0.2, 0.25) is 0 Å². The topological polar surface area (TPSA) is 93.7 Å². The Kier molecular flexibility index (Phi) is 10.7. The maximum Gasteiger partial charge on any atom is 0.410 e. The van der Waals surface area contributed by atoms with E-state index in [9.17, 15) is 9.59 Å². The minimum Gasteiger partial charge on any atom is -0.444 e. The summed E-state index contributed by atoms with van der Waals surface area (Å²) in [6.45, 7) is 14.8. The van der Waals surface area contributed by atoms with Crippen LogP contribution in [-0.2, 0) is 9.47 Å². The van der Waals surface area contributed by atoms with Crippen LogP contribution >= 0.6 is 0 Å². The molecule has 2 aliphatic heterocycles. The Balaban J connectivity index is 0.000000159. The van der Waals surface area contributed by atoms with Crippen LogP contribution in [0.1, 0.15) is 67.2 Å². The van der Waals surface area contributed by atoms with Gasteiger partial charge in [0.25, 0.3) is 0 Å². The van der Waals surface area contributed by atoms with E-state index in [0.717, 1.165) is 63.2 Å². The van der Waals surface area contributed by atoms with Crippen molar-refractivity contribution in [1.82, 2.24) is 28.6 Å². The number of carbonyl (C=O) groups is 2. The van der Waals surface area contributed by atoms with Gasteiger partial charge in [0.05, 0.1) is 0 Å². The first-order chi connectivity index (χ1) is 22.8. The third kappa shape index (κ3) is 9.59. The maximum absolute atomic E-state index is 11.4. The Morgan fingerprint density at radius 3 is 1.21 bits per heavy atom. The molecule has 0 bridgehead atoms. The predicted octanol–water partition coefficient (Wildman–Crippen LogP) is 8.35. The van der Waals surface area contributed by atoms with Gasteiger partial charge in [0.1, 0.15) is 22.5 Å². The van der Waals surface area contributed by atoms with Crippen LogP contribution in [0.3, 0.4) is 0 Å². The summed E-state index contributed by atoms with van der Waals surface area (Å²) >= 11 is 0. The summed E-state index contributed by atoms with van der Waals surface area (Å²) in [7, 11) is 0. The molecule has 10 heteroatoms. The number of hydrogen-bond acceptors (Lipinski definition) is 6. The monoisotopic (exact) mass is 652 g/mol. The lowest BCUT2D eigenvalue weighted by Crippen LogP contribution is -2.34. The summed E-state index contributed by atoms with van der Waals surface area (Å²) in [4.78, 5) is 34.8. The number of aromatic nitrogens is 4. The highest BCUT2D eigenvalue weighted by molar-refractivity contribution is 5.71.